The van der Waals surface area contributed by atoms with Crippen molar-refractivity contribution in [2.45, 2.75) is 39.3 Å². The molecule has 2 aromatic heterocycles. The van der Waals surface area contributed by atoms with Gasteiger partial charge in [0.05, 0.1) is 6.26 Å². The van der Waals surface area contributed by atoms with Gasteiger partial charge in [0, 0.05) is 23.9 Å². The molecule has 1 unspecified atom stereocenters. The maximum Gasteiger partial charge on any atom is 0.103 e. The van der Waals surface area contributed by atoms with E-state index in [4.69, 9.17) is 4.42 Å². The quantitative estimate of drug-likeness (QED) is 0.843. The van der Waals surface area contributed by atoms with Gasteiger partial charge in [0.1, 0.15) is 5.76 Å². The van der Waals surface area contributed by atoms with Gasteiger partial charge in [-0.15, -0.1) is 11.3 Å². The Morgan fingerprint density at radius 2 is 2.29 bits per heavy atom. The Balaban J connectivity index is 1.71. The Labute approximate surface area is 107 Å². The first-order valence-electron chi connectivity index (χ1n) is 6.04. The average Bonchev–Trinajstić information content (AvgIpc) is 2.95. The van der Waals surface area contributed by atoms with Crippen molar-refractivity contribution in [3.8, 4) is 0 Å². The summed E-state index contributed by atoms with van der Waals surface area (Å²) in [6.07, 6.45) is 3.85. The summed E-state index contributed by atoms with van der Waals surface area (Å²) in [5.41, 5.74) is 1.39. The van der Waals surface area contributed by atoms with Crippen LogP contribution in [0.4, 0.5) is 0 Å². The maximum absolute atomic E-state index is 5.33. The number of aryl methyl sites for hydroxylation is 2. The highest BCUT2D eigenvalue weighted by molar-refractivity contribution is 7.10. The fraction of sp³-hybridized carbons (Fsp3) is 0.429. The summed E-state index contributed by atoms with van der Waals surface area (Å²) >= 11 is 1.83. The predicted molar refractivity (Wildman–Crippen MR) is 72.4 cm³/mol. The Morgan fingerprint density at radius 3 is 2.94 bits per heavy atom. The largest absolute Gasteiger partial charge is 0.469 e. The van der Waals surface area contributed by atoms with Crippen molar-refractivity contribution >= 4 is 11.3 Å². The van der Waals surface area contributed by atoms with Gasteiger partial charge in [-0.3, -0.25) is 0 Å². The molecule has 2 nitrogen and oxygen atoms in total. The molecule has 0 aromatic carbocycles. The lowest BCUT2D eigenvalue weighted by Gasteiger charge is -2.12. The highest BCUT2D eigenvalue weighted by Crippen LogP contribution is 2.15. The van der Waals surface area contributed by atoms with E-state index in [2.05, 4.69) is 30.6 Å². The van der Waals surface area contributed by atoms with Crippen LogP contribution >= 0.6 is 11.3 Å². The van der Waals surface area contributed by atoms with Crippen LogP contribution in [0.2, 0.25) is 0 Å². The van der Waals surface area contributed by atoms with Crippen molar-refractivity contribution in [1.82, 2.24) is 5.32 Å². The highest BCUT2D eigenvalue weighted by Gasteiger charge is 2.05. The van der Waals surface area contributed by atoms with Gasteiger partial charge in [-0.1, -0.05) is 0 Å². The molecule has 0 aliphatic rings. The summed E-state index contributed by atoms with van der Waals surface area (Å²) in [5, 5.41) is 5.71. The minimum atomic E-state index is 0.515. The summed E-state index contributed by atoms with van der Waals surface area (Å²) in [6.45, 7) is 5.37. The third kappa shape index (κ3) is 3.72. The van der Waals surface area contributed by atoms with Crippen LogP contribution in [0.15, 0.2) is 34.3 Å². The molecule has 0 aliphatic carbocycles. The maximum atomic E-state index is 5.33. The smallest absolute Gasteiger partial charge is 0.103 e. The lowest BCUT2D eigenvalue weighted by Crippen LogP contribution is -2.25. The van der Waals surface area contributed by atoms with Crippen molar-refractivity contribution in [3.63, 3.8) is 0 Å². The Kier molecular flexibility index (Phi) is 4.40. The van der Waals surface area contributed by atoms with Gasteiger partial charge in [-0.05, 0) is 49.4 Å². The Morgan fingerprint density at radius 1 is 1.41 bits per heavy atom. The van der Waals surface area contributed by atoms with Gasteiger partial charge in [-0.2, -0.15) is 0 Å². The van der Waals surface area contributed by atoms with Crippen molar-refractivity contribution in [1.29, 1.82) is 0 Å². The van der Waals surface area contributed by atoms with Crippen molar-refractivity contribution in [2.75, 3.05) is 0 Å². The van der Waals surface area contributed by atoms with E-state index in [1.165, 1.54) is 10.4 Å². The third-order valence-electron chi connectivity index (χ3n) is 2.98. The van der Waals surface area contributed by atoms with Crippen LogP contribution in [-0.2, 0) is 13.0 Å². The fourth-order valence-corrected chi connectivity index (χ4v) is 2.62. The molecular weight excluding hydrogens is 230 g/mol. The Hall–Kier alpha value is -1.06. The first-order chi connectivity index (χ1) is 8.25. The van der Waals surface area contributed by atoms with Gasteiger partial charge in [0.2, 0.25) is 0 Å². The molecule has 0 spiro atoms. The van der Waals surface area contributed by atoms with Gasteiger partial charge in [0.25, 0.3) is 0 Å². The van der Waals surface area contributed by atoms with Crippen LogP contribution in [0.25, 0.3) is 0 Å². The van der Waals surface area contributed by atoms with E-state index >= 15 is 0 Å². The topological polar surface area (TPSA) is 25.2 Å². The lowest BCUT2D eigenvalue weighted by molar-refractivity contribution is 0.460. The van der Waals surface area contributed by atoms with Crippen molar-refractivity contribution in [2.24, 2.45) is 0 Å². The zero-order valence-corrected chi connectivity index (χ0v) is 11.2. The Bertz CT molecular complexity index is 433. The SMILES string of the molecule is Cc1ccsc1CNC(C)CCc1ccco1. The molecule has 0 saturated carbocycles. The van der Waals surface area contributed by atoms with Gasteiger partial charge in [-0.25, -0.2) is 0 Å². The van der Waals surface area contributed by atoms with Crippen molar-refractivity contribution < 1.29 is 4.42 Å². The van der Waals surface area contributed by atoms with Crippen LogP contribution in [0.5, 0.6) is 0 Å². The van der Waals surface area contributed by atoms with Gasteiger partial charge in [0.15, 0.2) is 0 Å². The second kappa shape index (κ2) is 6.03. The molecule has 0 saturated heterocycles. The van der Waals surface area contributed by atoms with Gasteiger partial charge >= 0.3 is 0 Å². The molecule has 0 fully saturated rings. The zero-order valence-electron chi connectivity index (χ0n) is 10.4. The highest BCUT2D eigenvalue weighted by atomic mass is 32.1. The molecule has 2 rings (SSSR count). The molecule has 92 valence electrons. The summed E-state index contributed by atoms with van der Waals surface area (Å²) in [6, 6.07) is 6.68. The second-order valence-corrected chi connectivity index (χ2v) is 5.43. The number of hydrogen-bond acceptors (Lipinski definition) is 3. The zero-order chi connectivity index (χ0) is 12.1. The van der Waals surface area contributed by atoms with Gasteiger partial charge < -0.3 is 9.73 Å². The molecule has 0 amide bonds. The van der Waals surface area contributed by atoms with E-state index in [1.807, 2.05) is 23.5 Å². The first kappa shape index (κ1) is 12.4. The molecule has 3 heteroatoms. The summed E-state index contributed by atoms with van der Waals surface area (Å²) < 4.78 is 5.33. The van der Waals surface area contributed by atoms with Crippen LogP contribution < -0.4 is 5.32 Å². The average molecular weight is 249 g/mol. The first-order valence-corrected chi connectivity index (χ1v) is 6.92. The molecule has 1 N–H and O–H groups in total. The van der Waals surface area contributed by atoms with E-state index in [0.717, 1.165) is 25.1 Å². The van der Waals surface area contributed by atoms with Crippen LogP contribution in [0, 0.1) is 6.92 Å². The molecule has 0 bridgehead atoms. The lowest BCUT2D eigenvalue weighted by atomic mass is 10.1. The number of furan rings is 1. The second-order valence-electron chi connectivity index (χ2n) is 4.43. The molecule has 0 aliphatic heterocycles. The van der Waals surface area contributed by atoms with E-state index in [0.29, 0.717) is 6.04 Å². The number of hydrogen-bond donors (Lipinski definition) is 1. The number of rotatable bonds is 6. The number of nitrogens with one attached hydrogen (secondary N) is 1. The fourth-order valence-electron chi connectivity index (χ4n) is 1.77. The molecule has 2 heterocycles. The van der Waals surface area contributed by atoms with Crippen LogP contribution in [-0.4, -0.2) is 6.04 Å². The van der Waals surface area contributed by atoms with Crippen LogP contribution in [0.3, 0.4) is 0 Å². The summed E-state index contributed by atoms with van der Waals surface area (Å²) in [4.78, 5) is 1.44. The van der Waals surface area contributed by atoms with Crippen molar-refractivity contribution in [3.05, 3.63) is 46.0 Å². The van der Waals surface area contributed by atoms with Crippen LogP contribution in [0.1, 0.15) is 29.5 Å². The normalized spacial score (nSPS) is 12.8. The molecule has 2 aromatic rings. The standard InChI is InChI=1S/C14H19NOS/c1-11-7-9-17-14(11)10-15-12(2)5-6-13-4-3-8-16-13/h3-4,7-9,12,15H,5-6,10H2,1-2H3. The third-order valence-corrected chi connectivity index (χ3v) is 4.01. The summed E-state index contributed by atoms with van der Waals surface area (Å²) in [5.74, 6) is 1.07. The van der Waals surface area contributed by atoms with E-state index in [1.54, 1.807) is 6.26 Å². The molecule has 0 radical (unpaired) electrons. The summed E-state index contributed by atoms with van der Waals surface area (Å²) in [7, 11) is 0. The van der Waals surface area contributed by atoms with E-state index < -0.39 is 0 Å². The molecular formula is C14H19NOS. The predicted octanol–water partition coefficient (Wildman–Crippen LogP) is 3.76. The monoisotopic (exact) mass is 249 g/mol. The molecule has 1 atom stereocenters. The minimum Gasteiger partial charge on any atom is -0.469 e. The minimum absolute atomic E-state index is 0.515. The molecule has 17 heavy (non-hydrogen) atoms. The van der Waals surface area contributed by atoms with E-state index in [-0.39, 0.29) is 0 Å². The number of thiophene rings is 1. The van der Waals surface area contributed by atoms with E-state index in [9.17, 15) is 0 Å².